The van der Waals surface area contributed by atoms with E-state index in [0.29, 0.717) is 79.7 Å². The van der Waals surface area contributed by atoms with Gasteiger partial charge in [0.05, 0.1) is 29.8 Å². The number of carbonyl (C=O) groups is 1. The lowest BCUT2D eigenvalue weighted by Gasteiger charge is -2.33. The van der Waals surface area contributed by atoms with E-state index in [2.05, 4.69) is 20.2 Å². The fourth-order valence-corrected chi connectivity index (χ4v) is 5.11. The number of ether oxygens (including phenoxy) is 2. The highest BCUT2D eigenvalue weighted by atomic mass is 35.5. The van der Waals surface area contributed by atoms with Gasteiger partial charge in [-0.25, -0.2) is 9.78 Å². The summed E-state index contributed by atoms with van der Waals surface area (Å²) in [6.07, 6.45) is 1.38. The first-order chi connectivity index (χ1) is 17.8. The zero-order valence-corrected chi connectivity index (χ0v) is 22.3. The van der Waals surface area contributed by atoms with Gasteiger partial charge in [-0.1, -0.05) is 23.2 Å². The van der Waals surface area contributed by atoms with Crippen molar-refractivity contribution in [3.05, 3.63) is 38.7 Å². The predicted octanol–water partition coefficient (Wildman–Crippen LogP) is 3.51. The molecule has 1 amide bonds. The van der Waals surface area contributed by atoms with Crippen LogP contribution in [0.4, 0.5) is 10.7 Å². The van der Waals surface area contributed by atoms with Gasteiger partial charge in [0, 0.05) is 63.0 Å². The lowest BCUT2D eigenvalue weighted by atomic mass is 10.0. The minimum absolute atomic E-state index is 0.195. The Labute approximate surface area is 223 Å². The molecule has 1 fully saturated rings. The number of benzene rings is 1. The van der Waals surface area contributed by atoms with Gasteiger partial charge in [0.2, 0.25) is 5.95 Å². The molecule has 0 saturated carbocycles. The maximum Gasteiger partial charge on any atom is 0.407 e. The number of hydrogen-bond acceptors (Lipinski definition) is 8. The molecule has 4 rings (SSSR count). The molecule has 2 aromatic heterocycles. The average molecular weight is 551 g/mol. The highest BCUT2D eigenvalue weighted by Crippen LogP contribution is 2.45. The van der Waals surface area contributed by atoms with Crippen LogP contribution >= 0.6 is 23.2 Å². The van der Waals surface area contributed by atoms with E-state index >= 15 is 0 Å². The summed E-state index contributed by atoms with van der Waals surface area (Å²) in [4.78, 5) is 37.5. The summed E-state index contributed by atoms with van der Waals surface area (Å²) in [6.45, 7) is 3.27. The molecule has 1 aliphatic rings. The number of rotatable bonds is 8. The van der Waals surface area contributed by atoms with Crippen LogP contribution in [0.25, 0.3) is 22.2 Å². The highest BCUT2D eigenvalue weighted by Gasteiger charge is 2.24. The van der Waals surface area contributed by atoms with Gasteiger partial charge in [-0.15, -0.1) is 0 Å². The molecular weight excluding hydrogens is 523 g/mol. The van der Waals surface area contributed by atoms with Gasteiger partial charge < -0.3 is 24.8 Å². The minimum atomic E-state index is -0.902. The molecule has 1 aromatic carbocycles. The van der Waals surface area contributed by atoms with Crippen LogP contribution in [-0.2, 0) is 6.54 Å². The maximum absolute atomic E-state index is 13.9. The Hall–Kier alpha value is -3.28. The Bertz CT molecular complexity index is 1350. The Balaban J connectivity index is 1.74. The molecule has 13 heteroatoms. The van der Waals surface area contributed by atoms with E-state index in [4.69, 9.17) is 37.8 Å². The molecular formula is C24H28Cl2N6O5. The zero-order chi connectivity index (χ0) is 26.7. The summed E-state index contributed by atoms with van der Waals surface area (Å²) in [7, 11) is 4.65. The number of fused-ring (bicyclic) bond motifs is 1. The van der Waals surface area contributed by atoms with Gasteiger partial charge in [0.25, 0.3) is 5.56 Å². The lowest BCUT2D eigenvalue weighted by Crippen LogP contribution is -2.48. The normalized spacial score (nSPS) is 14.1. The van der Waals surface area contributed by atoms with Crippen molar-refractivity contribution >= 4 is 46.3 Å². The summed E-state index contributed by atoms with van der Waals surface area (Å²) < 4.78 is 12.4. The Kier molecular flexibility index (Phi) is 8.25. The summed E-state index contributed by atoms with van der Waals surface area (Å²) in [6, 6.07) is 3.24. The van der Waals surface area contributed by atoms with Crippen molar-refractivity contribution in [2.24, 2.45) is 0 Å². The van der Waals surface area contributed by atoms with Crippen LogP contribution in [-0.4, -0.2) is 89.5 Å². The van der Waals surface area contributed by atoms with E-state index in [1.807, 2.05) is 0 Å². The Morgan fingerprint density at radius 1 is 1.08 bits per heavy atom. The third kappa shape index (κ3) is 5.39. The van der Waals surface area contributed by atoms with Crippen LogP contribution < -0.4 is 20.3 Å². The molecule has 3 heterocycles. The minimum Gasteiger partial charge on any atom is -0.495 e. The quantitative estimate of drug-likeness (QED) is 0.433. The fraction of sp³-hybridized carbons (Fsp3) is 0.417. The number of nitrogens with zero attached hydrogens (tertiary/aromatic N) is 5. The fourth-order valence-electron chi connectivity index (χ4n) is 4.40. The number of carboxylic acid groups (broad SMARTS) is 1. The number of anilines is 1. The van der Waals surface area contributed by atoms with Crippen molar-refractivity contribution in [1.82, 2.24) is 24.3 Å². The maximum atomic E-state index is 13.9. The Morgan fingerprint density at radius 2 is 1.73 bits per heavy atom. The number of pyridine rings is 1. The molecule has 0 bridgehead atoms. The topological polar surface area (TPSA) is 122 Å². The van der Waals surface area contributed by atoms with Crippen LogP contribution in [0.3, 0.4) is 0 Å². The molecule has 3 aromatic rings. The number of aromatic nitrogens is 3. The van der Waals surface area contributed by atoms with Gasteiger partial charge in [0.15, 0.2) is 0 Å². The third-order valence-electron chi connectivity index (χ3n) is 6.39. The lowest BCUT2D eigenvalue weighted by molar-refractivity contribution is 0.104. The summed E-state index contributed by atoms with van der Waals surface area (Å²) >= 11 is 13.3. The summed E-state index contributed by atoms with van der Waals surface area (Å²) in [5, 5.41) is 13.1. The van der Waals surface area contributed by atoms with Gasteiger partial charge in [-0.2, -0.15) is 4.98 Å². The number of methoxy groups -OCH3 is 2. The monoisotopic (exact) mass is 550 g/mol. The van der Waals surface area contributed by atoms with E-state index in [1.165, 1.54) is 19.1 Å². The molecule has 1 saturated heterocycles. The van der Waals surface area contributed by atoms with Crippen molar-refractivity contribution in [3.63, 3.8) is 0 Å². The van der Waals surface area contributed by atoms with E-state index in [-0.39, 0.29) is 21.2 Å². The molecule has 1 aliphatic heterocycles. The van der Waals surface area contributed by atoms with E-state index < -0.39 is 6.09 Å². The van der Waals surface area contributed by atoms with Crippen LogP contribution in [0, 0.1) is 0 Å². The molecule has 2 N–H and O–H groups in total. The van der Waals surface area contributed by atoms with Crippen molar-refractivity contribution < 1.29 is 19.4 Å². The number of aryl methyl sites for hydroxylation is 1. The summed E-state index contributed by atoms with van der Waals surface area (Å²) in [5.74, 6) is 1.04. The zero-order valence-electron chi connectivity index (χ0n) is 20.8. The highest BCUT2D eigenvalue weighted by molar-refractivity contribution is 6.41. The average Bonchev–Trinajstić information content (AvgIpc) is 2.90. The third-order valence-corrected chi connectivity index (χ3v) is 7.14. The van der Waals surface area contributed by atoms with E-state index in [9.17, 15) is 9.59 Å². The smallest absolute Gasteiger partial charge is 0.407 e. The number of nitrogens with one attached hydrogen (secondary N) is 1. The molecule has 0 radical (unpaired) electrons. The first-order valence-electron chi connectivity index (χ1n) is 11.7. The second kappa shape index (κ2) is 11.4. The van der Waals surface area contributed by atoms with Gasteiger partial charge in [-0.3, -0.25) is 14.3 Å². The van der Waals surface area contributed by atoms with Gasteiger partial charge in [-0.05, 0) is 19.0 Å². The van der Waals surface area contributed by atoms with Gasteiger partial charge >= 0.3 is 6.09 Å². The van der Waals surface area contributed by atoms with Crippen molar-refractivity contribution in [3.8, 4) is 22.6 Å². The summed E-state index contributed by atoms with van der Waals surface area (Å²) in [5.41, 5.74) is 0.743. The van der Waals surface area contributed by atoms with Crippen LogP contribution in [0.15, 0.2) is 23.1 Å². The SMILES string of the molecule is CNc1ncc2cc(-c3c(Cl)c(OC)cc(OC)c3Cl)c(=O)n(CCCN3CCN(C(=O)O)CC3)c2n1. The number of amides is 1. The van der Waals surface area contributed by atoms with Gasteiger partial charge in [0.1, 0.15) is 17.1 Å². The molecule has 198 valence electrons. The number of hydrogen-bond donors (Lipinski definition) is 2. The van der Waals surface area contributed by atoms with Crippen LogP contribution in [0.2, 0.25) is 10.0 Å². The number of halogens is 2. The standard InChI is InChI=1S/C24H28Cl2N6O5/c1-27-23-28-13-14-11-15(18-19(25)16(36-2)12-17(37-3)20(18)26)22(33)32(21(14)29-23)6-4-5-30-7-9-31(10-8-30)24(34)35/h11-13H,4-10H2,1-3H3,(H,34,35)(H,27,28,29). The van der Waals surface area contributed by atoms with Crippen molar-refractivity contribution in [2.45, 2.75) is 13.0 Å². The van der Waals surface area contributed by atoms with Crippen molar-refractivity contribution in [2.75, 3.05) is 59.3 Å². The molecule has 0 aliphatic carbocycles. The second-order valence-corrected chi connectivity index (χ2v) is 9.24. The van der Waals surface area contributed by atoms with E-state index in [0.717, 1.165) is 0 Å². The first-order valence-corrected chi connectivity index (χ1v) is 12.4. The molecule has 11 nitrogen and oxygen atoms in total. The van der Waals surface area contributed by atoms with Crippen LogP contribution in [0.1, 0.15) is 6.42 Å². The molecule has 0 spiro atoms. The molecule has 37 heavy (non-hydrogen) atoms. The largest absolute Gasteiger partial charge is 0.495 e. The number of piperazine rings is 1. The second-order valence-electron chi connectivity index (χ2n) is 8.49. The Morgan fingerprint density at radius 3 is 2.30 bits per heavy atom. The predicted molar refractivity (Wildman–Crippen MR) is 143 cm³/mol. The van der Waals surface area contributed by atoms with E-state index in [1.54, 1.807) is 29.9 Å². The van der Waals surface area contributed by atoms with Crippen LogP contribution in [0.5, 0.6) is 11.5 Å². The molecule has 0 atom stereocenters. The molecule has 0 unspecified atom stereocenters. The van der Waals surface area contributed by atoms with Crippen molar-refractivity contribution in [1.29, 1.82) is 0 Å². The first kappa shape index (κ1) is 26.8.